The summed E-state index contributed by atoms with van der Waals surface area (Å²) < 4.78 is 26.9. The normalized spacial score (nSPS) is 13.8. The smallest absolute Gasteiger partial charge is 0.191 e. The van der Waals surface area contributed by atoms with E-state index < -0.39 is 17.7 Å². The van der Waals surface area contributed by atoms with Gasteiger partial charge in [-0.05, 0) is 36.8 Å². The summed E-state index contributed by atoms with van der Waals surface area (Å²) in [5, 5.41) is 16.2. The first-order valence-electron chi connectivity index (χ1n) is 7.26. The van der Waals surface area contributed by atoms with Crippen LogP contribution in [0.2, 0.25) is 4.34 Å². The van der Waals surface area contributed by atoms with Crippen molar-refractivity contribution in [2.24, 2.45) is 4.99 Å². The molecule has 1 aromatic heterocycles. The molecule has 2 rings (SSSR count). The molecule has 0 aliphatic carbocycles. The van der Waals surface area contributed by atoms with Crippen LogP contribution in [-0.4, -0.2) is 24.7 Å². The molecule has 1 heterocycles. The molecule has 25 heavy (non-hydrogen) atoms. The largest absolute Gasteiger partial charge is 0.386 e. The predicted molar refractivity (Wildman–Crippen MR) is 109 cm³/mol. The second-order valence-electron chi connectivity index (χ2n) is 5.15. The molecule has 2 atom stereocenters. The van der Waals surface area contributed by atoms with Gasteiger partial charge < -0.3 is 15.7 Å². The van der Waals surface area contributed by atoms with Gasteiger partial charge in [0.05, 0.1) is 10.4 Å². The molecule has 9 heteroatoms. The topological polar surface area (TPSA) is 56.7 Å². The number of thiophene rings is 1. The summed E-state index contributed by atoms with van der Waals surface area (Å²) in [6.07, 6.45) is -0.723. The quantitative estimate of drug-likeness (QED) is 0.326. The van der Waals surface area contributed by atoms with Crippen molar-refractivity contribution in [2.45, 2.75) is 19.1 Å². The maximum Gasteiger partial charge on any atom is 0.191 e. The third kappa shape index (κ3) is 6.36. The van der Waals surface area contributed by atoms with E-state index in [0.29, 0.717) is 15.9 Å². The van der Waals surface area contributed by atoms with Crippen LogP contribution in [0, 0.1) is 11.6 Å². The van der Waals surface area contributed by atoms with Crippen LogP contribution in [0.4, 0.5) is 8.78 Å². The summed E-state index contributed by atoms with van der Waals surface area (Å²) in [7, 11) is 1.59. The van der Waals surface area contributed by atoms with Gasteiger partial charge >= 0.3 is 0 Å². The molecule has 2 unspecified atom stereocenters. The van der Waals surface area contributed by atoms with Gasteiger partial charge in [-0.15, -0.1) is 35.3 Å². The van der Waals surface area contributed by atoms with Crippen molar-refractivity contribution in [3.63, 3.8) is 0 Å². The minimum atomic E-state index is -0.894. The fourth-order valence-corrected chi connectivity index (χ4v) is 3.11. The summed E-state index contributed by atoms with van der Waals surface area (Å²) >= 11 is 7.16. The van der Waals surface area contributed by atoms with E-state index in [0.717, 1.165) is 17.0 Å². The molecule has 0 fully saturated rings. The number of nitrogens with zero attached hydrogens (tertiary/aromatic N) is 1. The van der Waals surface area contributed by atoms with Gasteiger partial charge in [0.1, 0.15) is 6.10 Å². The molecule has 0 aliphatic heterocycles. The Kier molecular flexibility index (Phi) is 9.04. The number of aliphatic hydroxyl groups is 1. The zero-order chi connectivity index (χ0) is 17.7. The van der Waals surface area contributed by atoms with Crippen LogP contribution in [0.1, 0.15) is 29.5 Å². The lowest BCUT2D eigenvalue weighted by Gasteiger charge is -2.19. The van der Waals surface area contributed by atoms with E-state index in [2.05, 4.69) is 15.6 Å². The van der Waals surface area contributed by atoms with Crippen molar-refractivity contribution in [3.05, 3.63) is 56.7 Å². The molecule has 4 nitrogen and oxygen atoms in total. The van der Waals surface area contributed by atoms with Crippen LogP contribution in [0.5, 0.6) is 0 Å². The van der Waals surface area contributed by atoms with Crippen molar-refractivity contribution in [2.75, 3.05) is 13.6 Å². The maximum absolute atomic E-state index is 13.3. The summed E-state index contributed by atoms with van der Waals surface area (Å²) in [4.78, 5) is 4.80. The zero-order valence-electron chi connectivity index (χ0n) is 13.6. The molecule has 1 aromatic carbocycles. The molecule has 138 valence electrons. The third-order valence-corrected chi connectivity index (χ3v) is 4.74. The Morgan fingerprint density at radius 3 is 2.56 bits per heavy atom. The average molecular weight is 502 g/mol. The van der Waals surface area contributed by atoms with Crippen LogP contribution < -0.4 is 10.6 Å². The van der Waals surface area contributed by atoms with Crippen molar-refractivity contribution < 1.29 is 13.9 Å². The molecule has 3 N–H and O–H groups in total. The average Bonchev–Trinajstić information content (AvgIpc) is 3.00. The van der Waals surface area contributed by atoms with Gasteiger partial charge in [0.15, 0.2) is 17.6 Å². The Morgan fingerprint density at radius 2 is 2.00 bits per heavy atom. The van der Waals surface area contributed by atoms with Crippen LogP contribution in [0.15, 0.2) is 35.3 Å². The fourth-order valence-electron chi connectivity index (χ4n) is 2.07. The molecule has 0 amide bonds. The molecule has 0 bridgehead atoms. The Balaban J connectivity index is 0.00000312. The fraction of sp³-hybridized carbons (Fsp3) is 0.312. The number of halogens is 4. The lowest BCUT2D eigenvalue weighted by Crippen LogP contribution is -2.40. The first-order valence-corrected chi connectivity index (χ1v) is 8.45. The SMILES string of the molecule is CN=C(NCC(O)c1ccc(Cl)s1)NC(C)c1ccc(F)c(F)c1.I. The van der Waals surface area contributed by atoms with Gasteiger partial charge in [0.2, 0.25) is 0 Å². The number of nitrogens with one attached hydrogen (secondary N) is 2. The lowest BCUT2D eigenvalue weighted by molar-refractivity contribution is 0.184. The highest BCUT2D eigenvalue weighted by Crippen LogP contribution is 2.26. The molecule has 0 radical (unpaired) electrons. The Labute approximate surface area is 171 Å². The molecule has 0 saturated heterocycles. The van der Waals surface area contributed by atoms with Crippen LogP contribution in [0.3, 0.4) is 0 Å². The predicted octanol–water partition coefficient (Wildman–Crippen LogP) is 4.26. The van der Waals surface area contributed by atoms with Crippen LogP contribution >= 0.6 is 46.9 Å². The Morgan fingerprint density at radius 1 is 1.28 bits per heavy atom. The van der Waals surface area contributed by atoms with E-state index in [4.69, 9.17) is 11.6 Å². The third-order valence-electron chi connectivity index (χ3n) is 3.41. The number of hydrogen-bond acceptors (Lipinski definition) is 3. The first kappa shape index (κ1) is 22.1. The number of aliphatic hydroxyl groups excluding tert-OH is 1. The summed E-state index contributed by atoms with van der Waals surface area (Å²) in [6, 6.07) is 6.93. The molecular weight excluding hydrogens is 483 g/mol. The van der Waals surface area contributed by atoms with E-state index >= 15 is 0 Å². The Bertz CT molecular complexity index is 729. The van der Waals surface area contributed by atoms with Gasteiger partial charge in [0, 0.05) is 18.5 Å². The molecule has 2 aromatic rings. The highest BCUT2D eigenvalue weighted by Gasteiger charge is 2.13. The number of rotatable bonds is 5. The summed E-state index contributed by atoms with van der Waals surface area (Å²) in [5.74, 6) is -1.34. The second-order valence-corrected chi connectivity index (χ2v) is 6.90. The van der Waals surface area contributed by atoms with Crippen molar-refractivity contribution in [1.82, 2.24) is 10.6 Å². The van der Waals surface area contributed by atoms with E-state index in [1.807, 2.05) is 0 Å². The first-order chi connectivity index (χ1) is 11.4. The number of hydrogen-bond donors (Lipinski definition) is 3. The minimum absolute atomic E-state index is 0. The van der Waals surface area contributed by atoms with E-state index in [9.17, 15) is 13.9 Å². The molecule has 0 saturated carbocycles. The monoisotopic (exact) mass is 501 g/mol. The zero-order valence-corrected chi connectivity index (χ0v) is 17.5. The van der Waals surface area contributed by atoms with E-state index in [-0.39, 0.29) is 36.6 Å². The standard InChI is InChI=1S/C16H18ClF2N3OS.HI/c1-9(10-3-4-11(18)12(19)7-10)22-16(20-2)21-8-13(23)14-5-6-15(17)24-14;/h3-7,9,13,23H,8H2,1-2H3,(H2,20,21,22);1H. The van der Waals surface area contributed by atoms with Crippen molar-refractivity contribution in [1.29, 1.82) is 0 Å². The molecular formula is C16H19ClF2IN3OS. The number of aliphatic imine (C=N–C) groups is 1. The second kappa shape index (κ2) is 10.2. The van der Waals surface area contributed by atoms with Gasteiger partial charge in [-0.3, -0.25) is 4.99 Å². The van der Waals surface area contributed by atoms with Crippen LogP contribution in [-0.2, 0) is 0 Å². The Hall–Kier alpha value is -0.970. The highest BCUT2D eigenvalue weighted by molar-refractivity contribution is 14.0. The molecule has 0 spiro atoms. The number of guanidine groups is 1. The highest BCUT2D eigenvalue weighted by atomic mass is 127. The maximum atomic E-state index is 13.3. The van der Waals surface area contributed by atoms with Crippen molar-refractivity contribution >= 4 is 52.9 Å². The number of benzene rings is 1. The summed E-state index contributed by atoms with van der Waals surface area (Å²) in [5.41, 5.74) is 0.586. The van der Waals surface area contributed by atoms with E-state index in [1.54, 1.807) is 26.1 Å². The van der Waals surface area contributed by atoms with Gasteiger partial charge in [0.25, 0.3) is 0 Å². The van der Waals surface area contributed by atoms with E-state index in [1.165, 1.54) is 17.4 Å². The van der Waals surface area contributed by atoms with Gasteiger partial charge in [-0.25, -0.2) is 8.78 Å². The summed E-state index contributed by atoms with van der Waals surface area (Å²) in [6.45, 7) is 2.04. The van der Waals surface area contributed by atoms with Crippen LogP contribution in [0.25, 0.3) is 0 Å². The van der Waals surface area contributed by atoms with Crippen molar-refractivity contribution in [3.8, 4) is 0 Å². The lowest BCUT2D eigenvalue weighted by atomic mass is 10.1. The molecule has 0 aliphatic rings. The van der Waals surface area contributed by atoms with Gasteiger partial charge in [-0.1, -0.05) is 17.7 Å². The minimum Gasteiger partial charge on any atom is -0.386 e. The van der Waals surface area contributed by atoms with Gasteiger partial charge in [-0.2, -0.15) is 0 Å².